The van der Waals surface area contributed by atoms with Gasteiger partial charge in [0.25, 0.3) is 0 Å². The molecule has 21 heavy (non-hydrogen) atoms. The molecule has 0 radical (unpaired) electrons. The fourth-order valence-corrected chi connectivity index (χ4v) is 2.30. The number of nitrogens with one attached hydrogen (secondary N) is 1. The number of benzene rings is 1. The van der Waals surface area contributed by atoms with Gasteiger partial charge >= 0.3 is 5.97 Å². The molecule has 8 heteroatoms. The first-order valence-corrected chi connectivity index (χ1v) is 7.86. The molecule has 1 aromatic carbocycles. The Morgan fingerprint density at radius 3 is 2.48 bits per heavy atom. The minimum atomic E-state index is -3.95. The lowest BCUT2D eigenvalue weighted by molar-refractivity contribution is 0.0697. The fourth-order valence-electron chi connectivity index (χ4n) is 1.76. The highest BCUT2D eigenvalue weighted by molar-refractivity contribution is 7.89. The summed E-state index contributed by atoms with van der Waals surface area (Å²) >= 11 is 0. The van der Waals surface area contributed by atoms with Crippen molar-refractivity contribution in [3.05, 3.63) is 23.8 Å². The average molecular weight is 316 g/mol. The first kappa shape index (κ1) is 17.4. The maximum Gasteiger partial charge on any atom is 0.337 e. The third-order valence-electron chi connectivity index (χ3n) is 3.10. The van der Waals surface area contributed by atoms with Gasteiger partial charge in [0.2, 0.25) is 10.0 Å². The number of aromatic carboxylic acids is 1. The van der Waals surface area contributed by atoms with Gasteiger partial charge in [-0.15, -0.1) is 0 Å². The van der Waals surface area contributed by atoms with Crippen LogP contribution in [0.15, 0.2) is 23.1 Å². The number of carboxylic acids is 1. The summed E-state index contributed by atoms with van der Waals surface area (Å²) < 4.78 is 22.5. The Morgan fingerprint density at radius 1 is 1.38 bits per heavy atom. The zero-order valence-electron chi connectivity index (χ0n) is 12.0. The number of anilines is 1. The molecule has 7 nitrogen and oxygen atoms in total. The van der Waals surface area contributed by atoms with Crippen LogP contribution < -0.4 is 10.5 Å². The largest absolute Gasteiger partial charge is 0.478 e. The van der Waals surface area contributed by atoms with Gasteiger partial charge in [0.1, 0.15) is 0 Å². The van der Waals surface area contributed by atoms with Gasteiger partial charge in [0, 0.05) is 18.8 Å². The second kappa shape index (κ2) is 6.42. The lowest BCUT2D eigenvalue weighted by Crippen LogP contribution is -2.25. The first-order chi connectivity index (χ1) is 9.57. The van der Waals surface area contributed by atoms with E-state index in [2.05, 4.69) is 5.32 Å². The Balaban J connectivity index is 3.06. The molecule has 0 heterocycles. The van der Waals surface area contributed by atoms with Crippen molar-refractivity contribution in [2.24, 2.45) is 10.6 Å². The Bertz CT molecular complexity index is 625. The van der Waals surface area contributed by atoms with Crippen molar-refractivity contribution >= 4 is 21.7 Å². The van der Waals surface area contributed by atoms with Crippen LogP contribution in [0, 0.1) is 5.41 Å². The second-order valence-corrected chi connectivity index (χ2v) is 7.11. The monoisotopic (exact) mass is 316 g/mol. The van der Waals surface area contributed by atoms with Crippen LogP contribution in [-0.2, 0) is 10.0 Å². The number of aliphatic hydroxyl groups is 1. The first-order valence-electron chi connectivity index (χ1n) is 6.32. The van der Waals surface area contributed by atoms with Crippen molar-refractivity contribution < 1.29 is 23.4 Å². The van der Waals surface area contributed by atoms with Crippen molar-refractivity contribution in [3.8, 4) is 0 Å². The maximum absolute atomic E-state index is 11.3. The normalized spacial score (nSPS) is 12.2. The third-order valence-corrected chi connectivity index (χ3v) is 4.01. The minimum absolute atomic E-state index is 0.0326. The number of hydrogen-bond acceptors (Lipinski definition) is 5. The van der Waals surface area contributed by atoms with Crippen molar-refractivity contribution in [2.75, 3.05) is 18.5 Å². The van der Waals surface area contributed by atoms with E-state index in [9.17, 15) is 18.3 Å². The van der Waals surface area contributed by atoms with E-state index in [-0.39, 0.29) is 22.5 Å². The fraction of sp³-hybridized carbons (Fsp3) is 0.462. The van der Waals surface area contributed by atoms with E-state index in [0.29, 0.717) is 18.7 Å². The van der Waals surface area contributed by atoms with Gasteiger partial charge in [-0.3, -0.25) is 0 Å². The molecule has 0 aromatic heterocycles. The van der Waals surface area contributed by atoms with Crippen LogP contribution in [0.2, 0.25) is 0 Å². The number of primary sulfonamides is 1. The minimum Gasteiger partial charge on any atom is -0.478 e. The van der Waals surface area contributed by atoms with Crippen LogP contribution in [0.1, 0.15) is 30.6 Å². The Kier molecular flexibility index (Phi) is 5.32. The zero-order chi connectivity index (χ0) is 16.3. The molecule has 0 aliphatic heterocycles. The molecule has 0 aliphatic carbocycles. The van der Waals surface area contributed by atoms with Gasteiger partial charge in [-0.25, -0.2) is 18.4 Å². The summed E-state index contributed by atoms with van der Waals surface area (Å²) in [5.41, 5.74) is -0.0920. The van der Waals surface area contributed by atoms with Crippen LogP contribution >= 0.6 is 0 Å². The molecule has 5 N–H and O–H groups in total. The van der Waals surface area contributed by atoms with Gasteiger partial charge in [-0.05, 0) is 30.0 Å². The molecule has 0 unspecified atom stereocenters. The number of carbonyl (C=O) groups is 1. The number of nitrogens with two attached hydrogens (primary N) is 1. The third kappa shape index (κ3) is 5.00. The summed E-state index contributed by atoms with van der Waals surface area (Å²) in [7, 11) is -3.95. The van der Waals surface area contributed by atoms with Crippen LogP contribution in [-0.4, -0.2) is 37.8 Å². The highest BCUT2D eigenvalue weighted by atomic mass is 32.2. The summed E-state index contributed by atoms with van der Waals surface area (Å²) in [4.78, 5) is 11.0. The predicted molar refractivity (Wildman–Crippen MR) is 78.7 cm³/mol. The number of hydrogen-bond donors (Lipinski definition) is 4. The van der Waals surface area contributed by atoms with Crippen molar-refractivity contribution in [3.63, 3.8) is 0 Å². The van der Waals surface area contributed by atoms with Gasteiger partial charge in [-0.2, -0.15) is 0 Å². The molecule has 0 fully saturated rings. The zero-order valence-corrected chi connectivity index (χ0v) is 12.8. The van der Waals surface area contributed by atoms with Crippen molar-refractivity contribution in [1.29, 1.82) is 0 Å². The van der Waals surface area contributed by atoms with Gasteiger partial charge < -0.3 is 15.5 Å². The molecule has 0 amide bonds. The molecule has 118 valence electrons. The highest BCUT2D eigenvalue weighted by Gasteiger charge is 2.20. The van der Waals surface area contributed by atoms with E-state index >= 15 is 0 Å². The van der Waals surface area contributed by atoms with Crippen LogP contribution in [0.4, 0.5) is 5.69 Å². The molecule has 0 bridgehead atoms. The topological polar surface area (TPSA) is 130 Å². The number of aliphatic hydroxyl groups excluding tert-OH is 1. The Labute approximate surface area is 123 Å². The van der Waals surface area contributed by atoms with E-state index in [0.717, 1.165) is 6.07 Å². The number of carboxylic acid groups (broad SMARTS) is 1. The summed E-state index contributed by atoms with van der Waals surface area (Å²) in [5.74, 6) is -1.25. The maximum atomic E-state index is 11.3. The molecule has 0 spiro atoms. The SMILES string of the molecule is CC(C)(CCO)CNc1ccc(S(N)(=O)=O)cc1C(=O)O. The molecule has 1 aromatic rings. The molecule has 0 saturated heterocycles. The quantitative estimate of drug-likeness (QED) is 0.590. The standard InChI is InChI=1S/C13H20N2O5S/c1-13(2,5-6-16)8-15-11-4-3-9(21(14,19)20)7-10(11)12(17)18/h3-4,7,15-16H,5-6,8H2,1-2H3,(H,17,18)(H2,14,19,20). The second-order valence-electron chi connectivity index (χ2n) is 5.55. The molecule has 0 saturated carbocycles. The molecular weight excluding hydrogens is 296 g/mol. The van der Waals surface area contributed by atoms with E-state index in [1.54, 1.807) is 0 Å². The molecule has 1 rings (SSSR count). The number of sulfonamides is 1. The van der Waals surface area contributed by atoms with Crippen LogP contribution in [0.3, 0.4) is 0 Å². The lowest BCUT2D eigenvalue weighted by Gasteiger charge is -2.25. The average Bonchev–Trinajstić information content (AvgIpc) is 2.35. The Morgan fingerprint density at radius 2 is 2.00 bits per heavy atom. The van der Waals surface area contributed by atoms with E-state index in [1.807, 2.05) is 13.8 Å². The Hall–Kier alpha value is -1.64. The highest BCUT2D eigenvalue weighted by Crippen LogP contribution is 2.24. The molecule has 0 atom stereocenters. The van der Waals surface area contributed by atoms with Gasteiger partial charge in [-0.1, -0.05) is 13.8 Å². The molecule has 0 aliphatic rings. The molecular formula is C13H20N2O5S. The van der Waals surface area contributed by atoms with Crippen molar-refractivity contribution in [2.45, 2.75) is 25.2 Å². The van der Waals surface area contributed by atoms with Gasteiger partial charge in [0.15, 0.2) is 0 Å². The van der Waals surface area contributed by atoms with E-state index in [4.69, 9.17) is 10.2 Å². The summed E-state index contributed by atoms with van der Waals surface area (Å²) in [6.07, 6.45) is 0.553. The summed E-state index contributed by atoms with van der Waals surface area (Å²) in [6.45, 7) is 4.32. The summed E-state index contributed by atoms with van der Waals surface area (Å²) in [5, 5.41) is 26.1. The summed E-state index contributed by atoms with van der Waals surface area (Å²) in [6, 6.07) is 3.65. The smallest absolute Gasteiger partial charge is 0.337 e. The van der Waals surface area contributed by atoms with E-state index < -0.39 is 16.0 Å². The number of rotatable bonds is 7. The van der Waals surface area contributed by atoms with Gasteiger partial charge in [0.05, 0.1) is 10.5 Å². The van der Waals surface area contributed by atoms with E-state index in [1.165, 1.54) is 12.1 Å². The predicted octanol–water partition coefficient (Wildman–Crippen LogP) is 0.853. The lowest BCUT2D eigenvalue weighted by atomic mass is 9.89. The van der Waals surface area contributed by atoms with Crippen LogP contribution in [0.5, 0.6) is 0 Å². The van der Waals surface area contributed by atoms with Crippen LogP contribution in [0.25, 0.3) is 0 Å². The van der Waals surface area contributed by atoms with Crippen molar-refractivity contribution in [1.82, 2.24) is 0 Å².